The van der Waals surface area contributed by atoms with Gasteiger partial charge in [-0.2, -0.15) is 0 Å². The van der Waals surface area contributed by atoms with Gasteiger partial charge in [0, 0.05) is 6.54 Å². The standard InChI is InChI=1S/C22H26FNO5/c1-15-11-16(2)17(3)20(12-15)27-10-6-9-24-21(25)13-29-22(26)14-28-19-8-5-4-7-18(19)23/h4-5,7-8,11-12H,6,9-10,13-14H2,1-3H3,(H,24,25). The minimum atomic E-state index is -0.753. The second-order valence-electron chi connectivity index (χ2n) is 6.64. The van der Waals surface area contributed by atoms with Crippen LogP contribution in [0.2, 0.25) is 0 Å². The van der Waals surface area contributed by atoms with Crippen LogP contribution in [0.5, 0.6) is 11.5 Å². The molecule has 29 heavy (non-hydrogen) atoms. The van der Waals surface area contributed by atoms with Gasteiger partial charge in [-0.3, -0.25) is 4.79 Å². The first kappa shape index (κ1) is 22.2. The predicted molar refractivity (Wildman–Crippen MR) is 107 cm³/mol. The number of carbonyl (C=O) groups excluding carboxylic acids is 2. The van der Waals surface area contributed by atoms with Crippen LogP contribution in [0.4, 0.5) is 4.39 Å². The Hall–Kier alpha value is -3.09. The molecule has 0 fully saturated rings. The molecule has 0 spiro atoms. The van der Waals surface area contributed by atoms with Crippen LogP contribution in [0.1, 0.15) is 23.1 Å². The van der Waals surface area contributed by atoms with Gasteiger partial charge >= 0.3 is 5.97 Å². The van der Waals surface area contributed by atoms with E-state index < -0.39 is 30.9 Å². The third-order valence-electron chi connectivity index (χ3n) is 4.21. The van der Waals surface area contributed by atoms with E-state index >= 15 is 0 Å². The number of rotatable bonds is 10. The molecule has 6 nitrogen and oxygen atoms in total. The number of aryl methyl sites for hydroxylation is 2. The molecule has 2 aromatic carbocycles. The van der Waals surface area contributed by atoms with Gasteiger partial charge in [-0.15, -0.1) is 0 Å². The van der Waals surface area contributed by atoms with E-state index in [0.717, 1.165) is 16.9 Å². The van der Waals surface area contributed by atoms with Crippen molar-refractivity contribution >= 4 is 11.9 Å². The van der Waals surface area contributed by atoms with Gasteiger partial charge in [0.1, 0.15) is 5.75 Å². The van der Waals surface area contributed by atoms with Crippen molar-refractivity contribution in [2.75, 3.05) is 26.4 Å². The van der Waals surface area contributed by atoms with Gasteiger partial charge in [0.2, 0.25) is 0 Å². The number of hydrogen-bond donors (Lipinski definition) is 1. The van der Waals surface area contributed by atoms with Crippen molar-refractivity contribution in [3.05, 3.63) is 58.9 Å². The molecule has 1 N–H and O–H groups in total. The summed E-state index contributed by atoms with van der Waals surface area (Å²) >= 11 is 0. The Morgan fingerprint density at radius 1 is 1.00 bits per heavy atom. The summed E-state index contributed by atoms with van der Waals surface area (Å²) in [4.78, 5) is 23.3. The van der Waals surface area contributed by atoms with Gasteiger partial charge in [0.15, 0.2) is 24.8 Å². The molecule has 1 amide bonds. The number of esters is 1. The molecule has 0 bridgehead atoms. The second-order valence-corrected chi connectivity index (χ2v) is 6.64. The highest BCUT2D eigenvalue weighted by molar-refractivity contribution is 5.80. The van der Waals surface area contributed by atoms with Crippen LogP contribution in [-0.4, -0.2) is 38.2 Å². The molecule has 0 saturated carbocycles. The zero-order valence-corrected chi connectivity index (χ0v) is 16.9. The number of ether oxygens (including phenoxy) is 3. The van der Waals surface area contributed by atoms with Crippen LogP contribution < -0.4 is 14.8 Å². The smallest absolute Gasteiger partial charge is 0.344 e. The van der Waals surface area contributed by atoms with Crippen molar-refractivity contribution in [2.24, 2.45) is 0 Å². The van der Waals surface area contributed by atoms with E-state index in [9.17, 15) is 14.0 Å². The highest BCUT2D eigenvalue weighted by Crippen LogP contribution is 2.23. The normalized spacial score (nSPS) is 10.3. The maximum absolute atomic E-state index is 13.4. The van der Waals surface area contributed by atoms with E-state index in [1.54, 1.807) is 6.07 Å². The molecule has 2 aromatic rings. The summed E-state index contributed by atoms with van der Waals surface area (Å²) in [7, 11) is 0. The summed E-state index contributed by atoms with van der Waals surface area (Å²) in [6, 6.07) is 9.81. The number of benzene rings is 2. The van der Waals surface area contributed by atoms with Crippen molar-refractivity contribution in [1.29, 1.82) is 0 Å². The largest absolute Gasteiger partial charge is 0.493 e. The quantitative estimate of drug-likeness (QED) is 0.487. The fourth-order valence-corrected chi connectivity index (χ4v) is 2.57. The molecule has 7 heteroatoms. The molecular formula is C22H26FNO5. The van der Waals surface area contributed by atoms with E-state index in [2.05, 4.69) is 11.4 Å². The van der Waals surface area contributed by atoms with Crippen LogP contribution in [-0.2, 0) is 14.3 Å². The molecule has 2 rings (SSSR count). The number of carbonyl (C=O) groups is 2. The minimum absolute atomic E-state index is 0.0482. The molecule has 0 aromatic heterocycles. The Kier molecular flexibility index (Phi) is 8.45. The zero-order chi connectivity index (χ0) is 21.2. The summed E-state index contributed by atoms with van der Waals surface area (Å²) < 4.78 is 29.0. The zero-order valence-electron chi connectivity index (χ0n) is 16.9. The number of para-hydroxylation sites is 1. The highest BCUT2D eigenvalue weighted by atomic mass is 19.1. The lowest BCUT2D eigenvalue weighted by molar-refractivity contribution is -0.150. The van der Waals surface area contributed by atoms with Crippen LogP contribution in [0.15, 0.2) is 36.4 Å². The Balaban J connectivity index is 1.59. The molecule has 0 aliphatic heterocycles. The summed E-state index contributed by atoms with van der Waals surface area (Å²) in [5.41, 5.74) is 3.41. The number of halogens is 1. The lowest BCUT2D eigenvalue weighted by Gasteiger charge is -2.12. The van der Waals surface area contributed by atoms with Gasteiger partial charge in [-0.05, 0) is 62.1 Å². The summed E-state index contributed by atoms with van der Waals surface area (Å²) in [5.74, 6) is -0.953. The van der Waals surface area contributed by atoms with Crippen molar-refractivity contribution in [1.82, 2.24) is 5.32 Å². The first-order valence-electron chi connectivity index (χ1n) is 9.37. The second kappa shape index (κ2) is 11.0. The number of nitrogens with one attached hydrogen (secondary N) is 1. The maximum atomic E-state index is 13.4. The van der Waals surface area contributed by atoms with Crippen LogP contribution >= 0.6 is 0 Å². The Morgan fingerprint density at radius 3 is 2.52 bits per heavy atom. The molecule has 0 aliphatic rings. The van der Waals surface area contributed by atoms with Crippen molar-refractivity contribution < 1.29 is 28.2 Å². The van der Waals surface area contributed by atoms with Crippen molar-refractivity contribution in [3.8, 4) is 11.5 Å². The van der Waals surface area contributed by atoms with E-state index in [1.165, 1.54) is 23.8 Å². The molecule has 0 atom stereocenters. The average molecular weight is 403 g/mol. The lowest BCUT2D eigenvalue weighted by Crippen LogP contribution is -2.31. The monoisotopic (exact) mass is 403 g/mol. The summed E-state index contributed by atoms with van der Waals surface area (Å²) in [6.45, 7) is 6.02. The molecule has 0 aliphatic carbocycles. The average Bonchev–Trinajstić information content (AvgIpc) is 2.69. The van der Waals surface area contributed by atoms with Gasteiger partial charge in [0.25, 0.3) is 5.91 Å². The first-order valence-corrected chi connectivity index (χ1v) is 9.37. The highest BCUT2D eigenvalue weighted by Gasteiger charge is 2.10. The lowest BCUT2D eigenvalue weighted by atomic mass is 10.1. The van der Waals surface area contributed by atoms with Gasteiger partial charge in [-0.1, -0.05) is 18.2 Å². The van der Waals surface area contributed by atoms with Crippen molar-refractivity contribution in [3.63, 3.8) is 0 Å². The molecule has 0 heterocycles. The minimum Gasteiger partial charge on any atom is -0.493 e. The summed E-state index contributed by atoms with van der Waals surface area (Å²) in [6.07, 6.45) is 0.614. The van der Waals surface area contributed by atoms with E-state index in [1.807, 2.05) is 26.8 Å². The molecular weight excluding hydrogens is 377 g/mol. The summed E-state index contributed by atoms with van der Waals surface area (Å²) in [5, 5.41) is 2.65. The third kappa shape index (κ3) is 7.44. The Morgan fingerprint density at radius 2 is 1.76 bits per heavy atom. The fraction of sp³-hybridized carbons (Fsp3) is 0.364. The third-order valence-corrected chi connectivity index (χ3v) is 4.21. The molecule has 0 radical (unpaired) electrons. The van der Waals surface area contributed by atoms with Crippen LogP contribution in [0.3, 0.4) is 0 Å². The van der Waals surface area contributed by atoms with Gasteiger partial charge in [-0.25, -0.2) is 9.18 Å². The Labute approximate surface area is 170 Å². The topological polar surface area (TPSA) is 73.9 Å². The molecule has 0 saturated heterocycles. The molecule has 0 unspecified atom stereocenters. The van der Waals surface area contributed by atoms with E-state index in [0.29, 0.717) is 19.6 Å². The first-order chi connectivity index (χ1) is 13.9. The van der Waals surface area contributed by atoms with Crippen molar-refractivity contribution in [2.45, 2.75) is 27.2 Å². The van der Waals surface area contributed by atoms with Gasteiger partial charge < -0.3 is 19.5 Å². The van der Waals surface area contributed by atoms with Crippen LogP contribution in [0.25, 0.3) is 0 Å². The number of hydrogen-bond acceptors (Lipinski definition) is 5. The maximum Gasteiger partial charge on any atom is 0.344 e. The van der Waals surface area contributed by atoms with E-state index in [4.69, 9.17) is 14.2 Å². The van der Waals surface area contributed by atoms with Crippen LogP contribution in [0, 0.1) is 26.6 Å². The predicted octanol–water partition coefficient (Wildman–Crippen LogP) is 3.26. The van der Waals surface area contributed by atoms with E-state index in [-0.39, 0.29) is 5.75 Å². The number of amides is 1. The molecule has 156 valence electrons. The SMILES string of the molecule is Cc1cc(C)c(C)c(OCCCNC(=O)COC(=O)COc2ccccc2F)c1. The Bertz CT molecular complexity index is 853. The fourth-order valence-electron chi connectivity index (χ4n) is 2.57. The van der Waals surface area contributed by atoms with Gasteiger partial charge in [0.05, 0.1) is 6.61 Å².